The van der Waals surface area contributed by atoms with E-state index in [1.165, 1.54) is 27.8 Å². The van der Waals surface area contributed by atoms with Crippen LogP contribution in [-0.2, 0) is 6.42 Å². The summed E-state index contributed by atoms with van der Waals surface area (Å²) in [6, 6.07) is 12.8. The van der Waals surface area contributed by atoms with E-state index < -0.39 is 0 Å². The molecule has 0 aliphatic rings. The van der Waals surface area contributed by atoms with Crippen molar-refractivity contribution in [2.75, 3.05) is 0 Å². The third-order valence-electron chi connectivity index (χ3n) is 3.33. The Kier molecular flexibility index (Phi) is 4.70. The third-order valence-corrected chi connectivity index (χ3v) is 4.40. The van der Waals surface area contributed by atoms with Gasteiger partial charge in [0.05, 0.1) is 0 Å². The van der Waals surface area contributed by atoms with Gasteiger partial charge in [0, 0.05) is 9.85 Å². The van der Waals surface area contributed by atoms with Crippen LogP contribution in [0.1, 0.15) is 32.6 Å². The zero-order valence-electron chi connectivity index (χ0n) is 11.5. The van der Waals surface area contributed by atoms with E-state index in [1.54, 1.807) is 0 Å². The normalized spacial score (nSPS) is 12.5. The van der Waals surface area contributed by atoms with Crippen LogP contribution in [0.4, 0.5) is 0 Å². The third kappa shape index (κ3) is 3.84. The fraction of sp³-hybridized carbons (Fsp3) is 0.294. The molecule has 0 aromatic heterocycles. The van der Waals surface area contributed by atoms with Crippen molar-refractivity contribution in [3.8, 4) is 0 Å². The number of rotatable bonds is 3. The predicted molar refractivity (Wildman–Crippen MR) is 87.5 cm³/mol. The summed E-state index contributed by atoms with van der Waals surface area (Å²) >= 11 is 9.92. The highest BCUT2D eigenvalue weighted by atomic mass is 79.9. The van der Waals surface area contributed by atoms with E-state index >= 15 is 0 Å². The van der Waals surface area contributed by atoms with Crippen LogP contribution in [-0.4, -0.2) is 0 Å². The molecule has 2 heteroatoms. The van der Waals surface area contributed by atoms with Crippen molar-refractivity contribution in [1.82, 2.24) is 0 Å². The molecule has 0 spiro atoms. The predicted octanol–water partition coefficient (Wildman–Crippen LogP) is 5.94. The van der Waals surface area contributed by atoms with Gasteiger partial charge in [0.1, 0.15) is 0 Å². The molecule has 100 valence electrons. The van der Waals surface area contributed by atoms with Gasteiger partial charge < -0.3 is 0 Å². The highest BCUT2D eigenvalue weighted by Gasteiger charge is 2.11. The van der Waals surface area contributed by atoms with E-state index in [-0.39, 0.29) is 0 Å². The zero-order chi connectivity index (χ0) is 14.0. The van der Waals surface area contributed by atoms with Gasteiger partial charge in [-0.15, -0.1) is 0 Å². The molecule has 19 heavy (non-hydrogen) atoms. The van der Waals surface area contributed by atoms with Crippen molar-refractivity contribution < 1.29 is 0 Å². The molecule has 0 bridgehead atoms. The van der Waals surface area contributed by atoms with Crippen molar-refractivity contribution in [2.24, 2.45) is 0 Å². The van der Waals surface area contributed by atoms with E-state index in [0.29, 0.717) is 4.83 Å². The number of hydrogen-bond acceptors (Lipinski definition) is 0. The average Bonchev–Trinajstić information content (AvgIpc) is 2.32. The monoisotopic (exact) mass is 336 g/mol. The summed E-state index contributed by atoms with van der Waals surface area (Å²) in [5.74, 6) is 0. The number of benzene rings is 2. The lowest BCUT2D eigenvalue weighted by Crippen LogP contribution is -1.98. The topological polar surface area (TPSA) is 0 Å². The maximum Gasteiger partial charge on any atom is 0.0436 e. The van der Waals surface area contributed by atoms with Gasteiger partial charge in [-0.3, -0.25) is 0 Å². The highest BCUT2D eigenvalue weighted by Crippen LogP contribution is 2.31. The first-order valence-corrected chi connectivity index (χ1v) is 7.72. The van der Waals surface area contributed by atoms with Crippen molar-refractivity contribution >= 4 is 27.5 Å². The summed E-state index contributed by atoms with van der Waals surface area (Å²) < 4.78 is 0. The molecule has 0 N–H and O–H groups in total. The van der Waals surface area contributed by atoms with E-state index in [2.05, 4.69) is 61.0 Å². The second-order valence-electron chi connectivity index (χ2n) is 5.16. The molecule has 0 aliphatic heterocycles. The summed E-state index contributed by atoms with van der Waals surface area (Å²) in [5, 5.41) is 0.806. The van der Waals surface area contributed by atoms with Crippen LogP contribution >= 0.6 is 27.5 Å². The lowest BCUT2D eigenvalue weighted by Gasteiger charge is -2.14. The molecule has 2 aromatic rings. The Bertz CT molecular complexity index is 570. The van der Waals surface area contributed by atoms with Crippen molar-refractivity contribution in [3.05, 3.63) is 69.2 Å². The van der Waals surface area contributed by atoms with Gasteiger partial charge in [-0.05, 0) is 61.6 Å². The maximum atomic E-state index is 6.13. The molecule has 0 heterocycles. The Hall–Kier alpha value is -0.790. The quantitative estimate of drug-likeness (QED) is 0.608. The van der Waals surface area contributed by atoms with Crippen LogP contribution in [0.5, 0.6) is 0 Å². The van der Waals surface area contributed by atoms with Gasteiger partial charge in [0.15, 0.2) is 0 Å². The Morgan fingerprint density at radius 1 is 1.00 bits per heavy atom. The van der Waals surface area contributed by atoms with Gasteiger partial charge in [-0.1, -0.05) is 57.4 Å². The number of halogens is 2. The summed E-state index contributed by atoms with van der Waals surface area (Å²) in [4.78, 5) is 0.297. The van der Waals surface area contributed by atoms with E-state index in [1.807, 2.05) is 12.1 Å². The molecule has 2 aromatic carbocycles. The number of aryl methyl sites for hydroxylation is 3. The van der Waals surface area contributed by atoms with E-state index in [4.69, 9.17) is 11.6 Å². The molecule has 1 unspecified atom stereocenters. The minimum atomic E-state index is 0.297. The first kappa shape index (κ1) is 14.6. The number of hydrogen-bond donors (Lipinski definition) is 0. The molecule has 0 amide bonds. The minimum absolute atomic E-state index is 0.297. The lowest BCUT2D eigenvalue weighted by atomic mass is 9.98. The molecule has 0 saturated heterocycles. The highest BCUT2D eigenvalue weighted by molar-refractivity contribution is 9.09. The fourth-order valence-electron chi connectivity index (χ4n) is 2.28. The van der Waals surface area contributed by atoms with Gasteiger partial charge >= 0.3 is 0 Å². The Labute approximate surface area is 128 Å². The molecule has 2 rings (SSSR count). The standard InChI is InChI=1S/C17H18BrCl/c1-11-4-5-13(3)14(6-11)10-17(18)15-7-12(2)8-16(19)9-15/h4-9,17H,10H2,1-3H3. The lowest BCUT2D eigenvalue weighted by molar-refractivity contribution is 0.934. The van der Waals surface area contributed by atoms with Gasteiger partial charge in [0.25, 0.3) is 0 Å². The average molecular weight is 338 g/mol. The van der Waals surface area contributed by atoms with Gasteiger partial charge in [-0.25, -0.2) is 0 Å². The Morgan fingerprint density at radius 3 is 2.42 bits per heavy atom. The van der Waals surface area contributed by atoms with Crippen LogP contribution < -0.4 is 0 Å². The molecule has 0 saturated carbocycles. The molecule has 0 nitrogen and oxygen atoms in total. The molecular weight excluding hydrogens is 320 g/mol. The van der Waals surface area contributed by atoms with Crippen LogP contribution in [0.25, 0.3) is 0 Å². The molecule has 0 fully saturated rings. The van der Waals surface area contributed by atoms with Crippen LogP contribution in [0.3, 0.4) is 0 Å². The first-order valence-electron chi connectivity index (χ1n) is 6.43. The van der Waals surface area contributed by atoms with Gasteiger partial charge in [0.2, 0.25) is 0 Å². The van der Waals surface area contributed by atoms with Gasteiger partial charge in [-0.2, -0.15) is 0 Å². The van der Waals surface area contributed by atoms with Crippen molar-refractivity contribution in [2.45, 2.75) is 32.0 Å². The summed E-state index contributed by atoms with van der Waals surface area (Å²) in [6.07, 6.45) is 0.979. The van der Waals surface area contributed by atoms with Crippen LogP contribution in [0.15, 0.2) is 36.4 Å². The van der Waals surface area contributed by atoms with Crippen molar-refractivity contribution in [1.29, 1.82) is 0 Å². The maximum absolute atomic E-state index is 6.13. The molecule has 1 atom stereocenters. The minimum Gasteiger partial charge on any atom is -0.0843 e. The first-order chi connectivity index (χ1) is 8.95. The summed E-state index contributed by atoms with van der Waals surface area (Å²) in [5.41, 5.74) is 6.48. The van der Waals surface area contributed by atoms with Crippen LogP contribution in [0, 0.1) is 20.8 Å². The smallest absolute Gasteiger partial charge is 0.0436 e. The van der Waals surface area contributed by atoms with E-state index in [9.17, 15) is 0 Å². The summed E-state index contributed by atoms with van der Waals surface area (Å²) in [7, 11) is 0. The fourth-order valence-corrected chi connectivity index (χ4v) is 3.19. The number of alkyl halides is 1. The molecular formula is C17H18BrCl. The Morgan fingerprint density at radius 2 is 1.74 bits per heavy atom. The Balaban J connectivity index is 2.25. The second-order valence-corrected chi connectivity index (χ2v) is 6.71. The molecule has 0 aliphatic carbocycles. The second kappa shape index (κ2) is 6.11. The molecule has 0 radical (unpaired) electrons. The zero-order valence-corrected chi connectivity index (χ0v) is 13.8. The largest absolute Gasteiger partial charge is 0.0843 e. The SMILES string of the molecule is Cc1cc(Cl)cc(C(Br)Cc2cc(C)ccc2C)c1. The van der Waals surface area contributed by atoms with Crippen molar-refractivity contribution in [3.63, 3.8) is 0 Å². The van der Waals surface area contributed by atoms with Crippen LogP contribution in [0.2, 0.25) is 5.02 Å². The summed E-state index contributed by atoms with van der Waals surface area (Å²) in [6.45, 7) is 6.38. The van der Waals surface area contributed by atoms with E-state index in [0.717, 1.165) is 11.4 Å².